The number of carbonyl (C=O) groups is 1. The lowest BCUT2D eigenvalue weighted by Gasteiger charge is -2.14. The van der Waals surface area contributed by atoms with Gasteiger partial charge in [-0.25, -0.2) is 9.78 Å². The molecule has 3 aromatic rings. The number of ether oxygens (including phenoxy) is 1. The lowest BCUT2D eigenvalue weighted by atomic mass is 10.1. The highest BCUT2D eigenvalue weighted by molar-refractivity contribution is 7.98. The first kappa shape index (κ1) is 24.9. The Morgan fingerprint density at radius 1 is 1.06 bits per heavy atom. The second-order valence-electron chi connectivity index (χ2n) is 6.73. The zero-order valence-electron chi connectivity index (χ0n) is 16.8. The van der Waals surface area contributed by atoms with Crippen molar-refractivity contribution in [1.82, 2.24) is 4.98 Å². The third-order valence-electron chi connectivity index (χ3n) is 4.33. The highest BCUT2D eigenvalue weighted by atomic mass is 32.2. The van der Waals surface area contributed by atoms with Crippen LogP contribution in [-0.2, 0) is 22.9 Å². The zero-order chi connectivity index (χ0) is 24.4. The molecule has 4 nitrogen and oxygen atoms in total. The van der Waals surface area contributed by atoms with Gasteiger partial charge in [0.25, 0.3) is 0 Å². The van der Waals surface area contributed by atoms with E-state index in [4.69, 9.17) is 9.84 Å². The van der Waals surface area contributed by atoms with Crippen molar-refractivity contribution >= 4 is 29.1 Å². The number of halogens is 6. The molecule has 0 fully saturated rings. The van der Waals surface area contributed by atoms with E-state index in [0.29, 0.717) is 16.3 Å². The van der Waals surface area contributed by atoms with E-state index in [2.05, 4.69) is 4.98 Å². The van der Waals surface area contributed by atoms with Gasteiger partial charge in [-0.05, 0) is 37.3 Å². The number of aromatic nitrogens is 1. The van der Waals surface area contributed by atoms with Gasteiger partial charge in [-0.2, -0.15) is 26.3 Å². The Bertz CT molecular complexity index is 1140. The van der Waals surface area contributed by atoms with Gasteiger partial charge in [0.2, 0.25) is 0 Å². The number of hydrogen-bond donors (Lipinski definition) is 1. The molecule has 3 rings (SSSR count). The lowest BCUT2D eigenvalue weighted by Crippen LogP contribution is -2.14. The van der Waals surface area contributed by atoms with Gasteiger partial charge in [-0.1, -0.05) is 12.1 Å². The van der Waals surface area contributed by atoms with Gasteiger partial charge in [0.1, 0.15) is 10.8 Å². The number of alkyl halides is 6. The zero-order valence-corrected chi connectivity index (χ0v) is 18.4. The number of thiazole rings is 1. The van der Waals surface area contributed by atoms with Crippen molar-refractivity contribution in [3.05, 3.63) is 64.2 Å². The van der Waals surface area contributed by atoms with Gasteiger partial charge >= 0.3 is 18.3 Å². The summed E-state index contributed by atoms with van der Waals surface area (Å²) >= 11 is 2.36. The van der Waals surface area contributed by atoms with Crippen molar-refractivity contribution in [2.45, 2.75) is 29.9 Å². The Hall–Kier alpha value is -2.73. The van der Waals surface area contributed by atoms with E-state index in [-0.39, 0.29) is 10.6 Å². The molecule has 176 valence electrons. The van der Waals surface area contributed by atoms with Gasteiger partial charge in [0, 0.05) is 21.1 Å². The number of aliphatic carboxylic acids is 1. The summed E-state index contributed by atoms with van der Waals surface area (Å²) in [6.45, 7) is 0.812. The van der Waals surface area contributed by atoms with Crippen LogP contribution in [0, 0.1) is 6.92 Å². The second-order valence-corrected chi connectivity index (χ2v) is 8.86. The topological polar surface area (TPSA) is 59.4 Å². The summed E-state index contributed by atoms with van der Waals surface area (Å²) in [5.41, 5.74) is -0.724. The first-order chi connectivity index (χ1) is 15.3. The predicted molar refractivity (Wildman–Crippen MR) is 111 cm³/mol. The number of aryl methyl sites for hydroxylation is 1. The van der Waals surface area contributed by atoms with Crippen LogP contribution in [0.5, 0.6) is 5.75 Å². The smallest absolute Gasteiger partial charge is 0.420 e. The minimum Gasteiger partial charge on any atom is -0.481 e. The summed E-state index contributed by atoms with van der Waals surface area (Å²) < 4.78 is 83.0. The van der Waals surface area contributed by atoms with E-state index >= 15 is 0 Å². The van der Waals surface area contributed by atoms with Gasteiger partial charge in [-0.3, -0.25) is 0 Å². The van der Waals surface area contributed by atoms with Crippen LogP contribution in [0.1, 0.15) is 21.7 Å². The van der Waals surface area contributed by atoms with Crippen molar-refractivity contribution in [1.29, 1.82) is 0 Å². The van der Waals surface area contributed by atoms with Crippen molar-refractivity contribution < 1.29 is 41.0 Å². The fourth-order valence-electron chi connectivity index (χ4n) is 2.72. The molecule has 0 atom stereocenters. The molecule has 0 aliphatic carbocycles. The van der Waals surface area contributed by atoms with E-state index in [9.17, 15) is 31.1 Å². The Morgan fingerprint density at radius 2 is 1.73 bits per heavy atom. The third-order valence-corrected chi connectivity index (χ3v) is 6.74. The molecule has 0 saturated heterocycles. The van der Waals surface area contributed by atoms with Gasteiger partial charge in [0.15, 0.2) is 6.61 Å². The van der Waals surface area contributed by atoms with Gasteiger partial charge in [0.05, 0.1) is 16.8 Å². The second kappa shape index (κ2) is 9.64. The Balaban J connectivity index is 1.76. The highest BCUT2D eigenvalue weighted by Crippen LogP contribution is 2.40. The van der Waals surface area contributed by atoms with Crippen LogP contribution in [0.2, 0.25) is 0 Å². The molecule has 1 aromatic heterocycles. The van der Waals surface area contributed by atoms with E-state index in [1.807, 2.05) is 0 Å². The molecule has 0 saturated carbocycles. The minimum absolute atomic E-state index is 0.286. The molecule has 0 aliphatic heterocycles. The number of rotatable bonds is 7. The number of benzene rings is 2. The first-order valence-electron chi connectivity index (χ1n) is 9.17. The maximum Gasteiger partial charge on any atom is 0.420 e. The minimum atomic E-state index is -4.74. The summed E-state index contributed by atoms with van der Waals surface area (Å²) in [5.74, 6) is -1.68. The lowest BCUT2D eigenvalue weighted by molar-refractivity contribution is -0.143. The summed E-state index contributed by atoms with van der Waals surface area (Å²) in [7, 11) is 0. The molecule has 0 spiro atoms. The van der Waals surface area contributed by atoms with Crippen LogP contribution in [-0.4, -0.2) is 22.7 Å². The molecule has 0 radical (unpaired) electrons. The highest BCUT2D eigenvalue weighted by Gasteiger charge is 2.35. The fraction of sp³-hybridized carbons (Fsp3) is 0.238. The molecule has 1 N–H and O–H groups in total. The van der Waals surface area contributed by atoms with Gasteiger partial charge in [-0.15, -0.1) is 23.1 Å². The first-order valence-corrected chi connectivity index (χ1v) is 11.0. The van der Waals surface area contributed by atoms with Crippen molar-refractivity contribution in [2.75, 3.05) is 6.61 Å². The third kappa shape index (κ3) is 6.41. The van der Waals surface area contributed by atoms with Crippen LogP contribution >= 0.6 is 23.1 Å². The predicted octanol–water partition coefficient (Wildman–Crippen LogP) is 6.91. The largest absolute Gasteiger partial charge is 0.481 e. The standard InChI is InChI=1S/C21H15F6NO3S2/c1-11-17(33-19(28-11)12-2-4-13(5-3-12)20(22,23)24)10-32-14-6-7-16(31-9-18(29)30)15(8-14)21(25,26)27/h2-8H,9-10H2,1H3,(H,29,30). The molecule has 0 unspecified atom stereocenters. The molecule has 2 aromatic carbocycles. The normalized spacial score (nSPS) is 12.1. The summed E-state index contributed by atoms with van der Waals surface area (Å²) in [5, 5.41) is 9.13. The van der Waals surface area contributed by atoms with Crippen LogP contribution in [0.15, 0.2) is 47.4 Å². The molecule has 12 heteroatoms. The SMILES string of the molecule is Cc1nc(-c2ccc(C(F)(F)F)cc2)sc1CSc1ccc(OCC(=O)O)c(C(F)(F)F)c1. The van der Waals surface area contributed by atoms with Crippen LogP contribution in [0.25, 0.3) is 10.6 Å². The average molecular weight is 507 g/mol. The van der Waals surface area contributed by atoms with E-state index in [1.54, 1.807) is 6.92 Å². The summed E-state index contributed by atoms with van der Waals surface area (Å²) in [6.07, 6.45) is -9.18. The van der Waals surface area contributed by atoms with Crippen LogP contribution in [0.3, 0.4) is 0 Å². The number of carboxylic acid groups (broad SMARTS) is 1. The Morgan fingerprint density at radius 3 is 2.30 bits per heavy atom. The number of hydrogen-bond acceptors (Lipinski definition) is 5. The Labute approximate surface area is 192 Å². The molecule has 0 amide bonds. The van der Waals surface area contributed by atoms with Gasteiger partial charge < -0.3 is 9.84 Å². The molecule has 1 heterocycles. The van der Waals surface area contributed by atoms with E-state index in [0.717, 1.165) is 40.9 Å². The number of thioether (sulfide) groups is 1. The quantitative estimate of drug-likeness (QED) is 0.278. The monoisotopic (exact) mass is 507 g/mol. The fourth-order valence-corrected chi connectivity index (χ4v) is 4.87. The summed E-state index contributed by atoms with van der Waals surface area (Å²) in [4.78, 5) is 16.0. The van der Waals surface area contributed by atoms with Crippen LogP contribution in [0.4, 0.5) is 26.3 Å². The Kier molecular flexibility index (Phi) is 7.27. The maximum absolute atomic E-state index is 13.4. The van der Waals surface area contributed by atoms with Crippen molar-refractivity contribution in [3.8, 4) is 16.3 Å². The maximum atomic E-state index is 13.4. The average Bonchev–Trinajstić information content (AvgIpc) is 3.10. The molecule has 33 heavy (non-hydrogen) atoms. The molecule has 0 bridgehead atoms. The molecular weight excluding hydrogens is 492 g/mol. The summed E-state index contributed by atoms with van der Waals surface area (Å²) in [6, 6.07) is 7.92. The van der Waals surface area contributed by atoms with Crippen LogP contribution < -0.4 is 4.74 Å². The molecular formula is C21H15F6NO3S2. The van der Waals surface area contributed by atoms with Crippen molar-refractivity contribution in [2.24, 2.45) is 0 Å². The van der Waals surface area contributed by atoms with E-state index < -0.39 is 41.8 Å². The molecule has 0 aliphatic rings. The number of nitrogens with zero attached hydrogens (tertiary/aromatic N) is 1. The van der Waals surface area contributed by atoms with E-state index in [1.165, 1.54) is 29.5 Å². The van der Waals surface area contributed by atoms with Crippen molar-refractivity contribution in [3.63, 3.8) is 0 Å². The number of carboxylic acids is 1.